The Balaban J connectivity index is 3.28. The number of hydrogen-bond donors (Lipinski definition) is 3. The fourth-order valence-electron chi connectivity index (χ4n) is 0.803. The third-order valence-electron chi connectivity index (χ3n) is 1.50. The lowest BCUT2D eigenvalue weighted by Crippen LogP contribution is -2.08. The first kappa shape index (κ1) is 10.3. The first-order chi connectivity index (χ1) is 5.16. The quantitative estimate of drug-likeness (QED) is 0.502. The van der Waals surface area contributed by atoms with Gasteiger partial charge in [-0.25, -0.2) is 0 Å². The molecule has 1 atom stereocenters. The van der Waals surface area contributed by atoms with Crippen LogP contribution >= 0.6 is 0 Å². The maximum Gasteiger partial charge on any atom is 0.0547 e. The van der Waals surface area contributed by atoms with Crippen LogP contribution in [0.15, 0.2) is 0 Å². The molecule has 0 aromatic rings. The number of nitrogens with one attached hydrogen (secondary N) is 2. The molecule has 0 heterocycles. The summed E-state index contributed by atoms with van der Waals surface area (Å²) in [7, 11) is 0. The molecule has 0 bridgehead atoms. The molecule has 3 N–H and O–H groups in total. The molecule has 1 unspecified atom stereocenters. The van der Waals surface area contributed by atoms with E-state index in [9.17, 15) is 5.11 Å². The maximum absolute atomic E-state index is 9.23. The minimum absolute atomic E-state index is 0.336. The molecule has 0 aliphatic rings. The van der Waals surface area contributed by atoms with E-state index in [1.807, 2.05) is 0 Å². The predicted molar refractivity (Wildman–Crippen MR) is 46.7 cm³/mol. The highest BCUT2D eigenvalue weighted by Gasteiger charge is 2.02. The topological polar surface area (TPSA) is 67.9 Å². The van der Waals surface area contributed by atoms with Gasteiger partial charge >= 0.3 is 0 Å². The standard InChI is InChI=1S/C8H16N2O/c1-7(10)4-5-8(11)3-2-6-9/h6,8-11H,2-5H2,1H3. The lowest BCUT2D eigenvalue weighted by Gasteiger charge is -2.06. The Hall–Kier alpha value is -0.700. The lowest BCUT2D eigenvalue weighted by atomic mass is 10.1. The summed E-state index contributed by atoms with van der Waals surface area (Å²) in [5, 5.41) is 23.1. The third kappa shape index (κ3) is 7.19. The van der Waals surface area contributed by atoms with Crippen molar-refractivity contribution in [2.24, 2.45) is 0 Å². The molecule has 3 nitrogen and oxygen atoms in total. The first-order valence-corrected chi connectivity index (χ1v) is 3.88. The van der Waals surface area contributed by atoms with Gasteiger partial charge in [-0.3, -0.25) is 0 Å². The van der Waals surface area contributed by atoms with Crippen LogP contribution in [0.4, 0.5) is 0 Å². The molecule has 0 aliphatic heterocycles. The second-order valence-electron chi connectivity index (χ2n) is 2.75. The van der Waals surface area contributed by atoms with Gasteiger partial charge in [-0.1, -0.05) is 0 Å². The van der Waals surface area contributed by atoms with Crippen molar-refractivity contribution in [2.45, 2.75) is 38.7 Å². The van der Waals surface area contributed by atoms with Gasteiger partial charge in [0, 0.05) is 5.71 Å². The Morgan fingerprint density at radius 1 is 1.55 bits per heavy atom. The normalized spacial score (nSPS) is 12.5. The summed E-state index contributed by atoms with van der Waals surface area (Å²) in [6.07, 6.45) is 3.58. The molecule has 0 aliphatic carbocycles. The van der Waals surface area contributed by atoms with Crippen molar-refractivity contribution in [2.75, 3.05) is 0 Å². The van der Waals surface area contributed by atoms with E-state index in [4.69, 9.17) is 10.8 Å². The van der Waals surface area contributed by atoms with Crippen molar-refractivity contribution in [3.05, 3.63) is 0 Å². The van der Waals surface area contributed by atoms with Gasteiger partial charge in [-0.15, -0.1) is 0 Å². The molecule has 64 valence electrons. The van der Waals surface area contributed by atoms with Crippen LogP contribution in [0.1, 0.15) is 32.6 Å². The van der Waals surface area contributed by atoms with E-state index >= 15 is 0 Å². The van der Waals surface area contributed by atoms with Crippen LogP contribution in [0.25, 0.3) is 0 Å². The Morgan fingerprint density at radius 2 is 2.18 bits per heavy atom. The van der Waals surface area contributed by atoms with Crippen LogP contribution in [0.2, 0.25) is 0 Å². The summed E-state index contributed by atoms with van der Waals surface area (Å²) in [5.41, 5.74) is 0.610. The van der Waals surface area contributed by atoms with Gasteiger partial charge < -0.3 is 15.9 Å². The fourth-order valence-corrected chi connectivity index (χ4v) is 0.803. The SMILES string of the molecule is CC(=N)CCC(O)CCC=N. The van der Waals surface area contributed by atoms with Gasteiger partial charge in [-0.05, 0) is 38.8 Å². The van der Waals surface area contributed by atoms with E-state index in [0.717, 1.165) is 0 Å². The van der Waals surface area contributed by atoms with E-state index in [1.54, 1.807) is 6.92 Å². The zero-order valence-corrected chi connectivity index (χ0v) is 6.93. The van der Waals surface area contributed by atoms with Crippen LogP contribution in [0.5, 0.6) is 0 Å². The molecule has 0 amide bonds. The Morgan fingerprint density at radius 3 is 2.64 bits per heavy atom. The lowest BCUT2D eigenvalue weighted by molar-refractivity contribution is 0.159. The van der Waals surface area contributed by atoms with E-state index in [2.05, 4.69) is 0 Å². The van der Waals surface area contributed by atoms with Crippen LogP contribution in [0, 0.1) is 10.8 Å². The minimum Gasteiger partial charge on any atom is -0.393 e. The third-order valence-corrected chi connectivity index (χ3v) is 1.50. The van der Waals surface area contributed by atoms with E-state index in [1.165, 1.54) is 6.21 Å². The molecule has 3 heteroatoms. The summed E-state index contributed by atoms with van der Waals surface area (Å²) >= 11 is 0. The summed E-state index contributed by atoms with van der Waals surface area (Å²) in [4.78, 5) is 0. The molecule has 0 rings (SSSR count). The highest BCUT2D eigenvalue weighted by Crippen LogP contribution is 2.03. The van der Waals surface area contributed by atoms with Gasteiger partial charge in [0.1, 0.15) is 0 Å². The maximum atomic E-state index is 9.23. The van der Waals surface area contributed by atoms with Crippen molar-refractivity contribution >= 4 is 11.9 Å². The summed E-state index contributed by atoms with van der Waals surface area (Å²) in [6, 6.07) is 0. The average molecular weight is 156 g/mol. The molecule has 0 spiro atoms. The van der Waals surface area contributed by atoms with Gasteiger partial charge in [0.2, 0.25) is 0 Å². The Labute approximate surface area is 67.5 Å². The van der Waals surface area contributed by atoms with E-state index in [-0.39, 0.29) is 6.10 Å². The average Bonchev–Trinajstić information content (AvgIpc) is 1.97. The molecule has 0 saturated heterocycles. The second-order valence-corrected chi connectivity index (χ2v) is 2.75. The van der Waals surface area contributed by atoms with Gasteiger partial charge in [0.05, 0.1) is 6.10 Å². The van der Waals surface area contributed by atoms with Crippen molar-refractivity contribution in [1.82, 2.24) is 0 Å². The molecule has 0 radical (unpaired) electrons. The molecule has 0 saturated carbocycles. The summed E-state index contributed by atoms with van der Waals surface area (Å²) in [5.74, 6) is 0. The van der Waals surface area contributed by atoms with Crippen LogP contribution in [0.3, 0.4) is 0 Å². The van der Waals surface area contributed by atoms with Crippen LogP contribution in [-0.4, -0.2) is 23.1 Å². The minimum atomic E-state index is -0.336. The number of aliphatic hydroxyl groups excluding tert-OH is 1. The molecule has 11 heavy (non-hydrogen) atoms. The Kier molecular flexibility index (Phi) is 5.65. The monoisotopic (exact) mass is 156 g/mol. The van der Waals surface area contributed by atoms with Crippen molar-refractivity contribution in [3.8, 4) is 0 Å². The molecular formula is C8H16N2O. The smallest absolute Gasteiger partial charge is 0.0547 e. The van der Waals surface area contributed by atoms with E-state index in [0.29, 0.717) is 31.4 Å². The van der Waals surface area contributed by atoms with Crippen molar-refractivity contribution in [1.29, 1.82) is 10.8 Å². The zero-order valence-electron chi connectivity index (χ0n) is 6.93. The second kappa shape index (κ2) is 6.04. The Bertz CT molecular complexity index is 134. The van der Waals surface area contributed by atoms with Crippen LogP contribution in [-0.2, 0) is 0 Å². The van der Waals surface area contributed by atoms with Crippen molar-refractivity contribution < 1.29 is 5.11 Å². The van der Waals surface area contributed by atoms with Gasteiger partial charge in [-0.2, -0.15) is 0 Å². The number of hydrogen-bond acceptors (Lipinski definition) is 3. The zero-order chi connectivity index (χ0) is 8.69. The van der Waals surface area contributed by atoms with Crippen molar-refractivity contribution in [3.63, 3.8) is 0 Å². The van der Waals surface area contributed by atoms with Gasteiger partial charge in [0.25, 0.3) is 0 Å². The van der Waals surface area contributed by atoms with Gasteiger partial charge in [0.15, 0.2) is 0 Å². The summed E-state index contributed by atoms with van der Waals surface area (Å²) in [6.45, 7) is 1.74. The molecule has 0 aromatic heterocycles. The highest BCUT2D eigenvalue weighted by molar-refractivity contribution is 5.78. The summed E-state index contributed by atoms with van der Waals surface area (Å²) < 4.78 is 0. The fraction of sp³-hybridized carbons (Fsp3) is 0.750. The molecule has 0 fully saturated rings. The molecule has 0 aromatic carbocycles. The number of rotatable bonds is 6. The number of aliphatic hydroxyl groups is 1. The van der Waals surface area contributed by atoms with Crippen LogP contribution < -0.4 is 0 Å². The highest BCUT2D eigenvalue weighted by atomic mass is 16.3. The van der Waals surface area contributed by atoms with E-state index < -0.39 is 0 Å². The largest absolute Gasteiger partial charge is 0.393 e. The molecular weight excluding hydrogens is 140 g/mol. The first-order valence-electron chi connectivity index (χ1n) is 3.88. The predicted octanol–water partition coefficient (Wildman–Crippen LogP) is 1.60.